The summed E-state index contributed by atoms with van der Waals surface area (Å²) in [4.78, 5) is 11.3. The first-order valence-corrected chi connectivity index (χ1v) is 5.71. The molecular formula is C11H22N2O2. The van der Waals surface area contributed by atoms with E-state index in [4.69, 9.17) is 4.74 Å². The first-order chi connectivity index (χ1) is 7.22. The van der Waals surface area contributed by atoms with Gasteiger partial charge in [0.15, 0.2) is 0 Å². The maximum Gasteiger partial charge on any atom is 0.233 e. The minimum absolute atomic E-state index is 0.0886. The third kappa shape index (κ3) is 5.14. The first kappa shape index (κ1) is 12.5. The number of amides is 1. The van der Waals surface area contributed by atoms with Gasteiger partial charge in [0.25, 0.3) is 0 Å². The van der Waals surface area contributed by atoms with E-state index in [1.54, 1.807) is 7.11 Å². The van der Waals surface area contributed by atoms with Crippen LogP contribution in [0.1, 0.15) is 26.2 Å². The van der Waals surface area contributed by atoms with Gasteiger partial charge in [0.2, 0.25) is 5.91 Å². The smallest absolute Gasteiger partial charge is 0.233 e. The SMILES string of the molecule is COCCCNC(=O)CNC1CC(C)C1. The maximum atomic E-state index is 11.3. The fourth-order valence-corrected chi connectivity index (χ4v) is 1.81. The molecule has 1 aliphatic rings. The van der Waals surface area contributed by atoms with Crippen LogP contribution in [0.3, 0.4) is 0 Å². The van der Waals surface area contributed by atoms with Crippen molar-refractivity contribution in [1.82, 2.24) is 10.6 Å². The fourth-order valence-electron chi connectivity index (χ4n) is 1.81. The topological polar surface area (TPSA) is 50.4 Å². The van der Waals surface area contributed by atoms with Crippen molar-refractivity contribution in [2.45, 2.75) is 32.2 Å². The number of nitrogens with one attached hydrogen (secondary N) is 2. The molecule has 0 aromatic rings. The summed E-state index contributed by atoms with van der Waals surface area (Å²) in [7, 11) is 1.67. The van der Waals surface area contributed by atoms with Crippen molar-refractivity contribution < 1.29 is 9.53 Å². The Balaban J connectivity index is 1.90. The number of methoxy groups -OCH3 is 1. The molecule has 1 rings (SSSR count). The Morgan fingerprint density at radius 2 is 2.20 bits per heavy atom. The van der Waals surface area contributed by atoms with E-state index in [0.717, 1.165) is 12.3 Å². The number of hydrogen-bond acceptors (Lipinski definition) is 3. The van der Waals surface area contributed by atoms with Gasteiger partial charge >= 0.3 is 0 Å². The van der Waals surface area contributed by atoms with Gasteiger partial charge in [0.05, 0.1) is 6.54 Å². The highest BCUT2D eigenvalue weighted by Crippen LogP contribution is 2.25. The Bertz CT molecular complexity index is 191. The van der Waals surface area contributed by atoms with Gasteiger partial charge in [0.1, 0.15) is 0 Å². The molecule has 1 aliphatic carbocycles. The van der Waals surface area contributed by atoms with E-state index in [1.807, 2.05) is 0 Å². The molecule has 0 bridgehead atoms. The molecule has 4 nitrogen and oxygen atoms in total. The number of ether oxygens (including phenoxy) is 1. The Hall–Kier alpha value is -0.610. The zero-order chi connectivity index (χ0) is 11.1. The summed E-state index contributed by atoms with van der Waals surface area (Å²) in [6, 6.07) is 0.560. The van der Waals surface area contributed by atoms with E-state index in [9.17, 15) is 4.79 Å². The third-order valence-electron chi connectivity index (χ3n) is 2.77. The van der Waals surface area contributed by atoms with Gasteiger partial charge in [-0.05, 0) is 25.2 Å². The van der Waals surface area contributed by atoms with Gasteiger partial charge in [0, 0.05) is 26.3 Å². The van der Waals surface area contributed by atoms with E-state index < -0.39 is 0 Å². The lowest BCUT2D eigenvalue weighted by Gasteiger charge is -2.33. The largest absolute Gasteiger partial charge is 0.385 e. The van der Waals surface area contributed by atoms with Gasteiger partial charge in [-0.2, -0.15) is 0 Å². The van der Waals surface area contributed by atoms with Crippen LogP contribution in [0.2, 0.25) is 0 Å². The molecule has 0 heterocycles. The second kappa shape index (κ2) is 6.80. The van der Waals surface area contributed by atoms with Crippen molar-refractivity contribution in [3.63, 3.8) is 0 Å². The highest BCUT2D eigenvalue weighted by atomic mass is 16.5. The summed E-state index contributed by atoms with van der Waals surface area (Å²) in [6.45, 7) is 4.09. The summed E-state index contributed by atoms with van der Waals surface area (Å²) in [5.74, 6) is 0.915. The molecule has 0 aromatic carbocycles. The molecule has 2 N–H and O–H groups in total. The van der Waals surface area contributed by atoms with Gasteiger partial charge in [-0.15, -0.1) is 0 Å². The molecular weight excluding hydrogens is 192 g/mol. The Morgan fingerprint density at radius 1 is 1.47 bits per heavy atom. The molecule has 0 aliphatic heterocycles. The van der Waals surface area contributed by atoms with Crippen LogP contribution < -0.4 is 10.6 Å². The van der Waals surface area contributed by atoms with Crippen LogP contribution >= 0.6 is 0 Å². The van der Waals surface area contributed by atoms with Crippen LogP contribution in [0, 0.1) is 5.92 Å². The van der Waals surface area contributed by atoms with Crippen LogP contribution in [0.15, 0.2) is 0 Å². The van der Waals surface area contributed by atoms with Crippen LogP contribution in [-0.4, -0.2) is 38.8 Å². The van der Waals surface area contributed by atoms with E-state index in [1.165, 1.54) is 12.8 Å². The van der Waals surface area contributed by atoms with Crippen LogP contribution in [0.25, 0.3) is 0 Å². The molecule has 1 saturated carbocycles. The molecule has 0 spiro atoms. The predicted molar refractivity (Wildman–Crippen MR) is 59.7 cm³/mol. The van der Waals surface area contributed by atoms with Crippen molar-refractivity contribution in [2.75, 3.05) is 26.8 Å². The predicted octanol–water partition coefficient (Wildman–Crippen LogP) is 0.527. The van der Waals surface area contributed by atoms with Crippen LogP contribution in [-0.2, 0) is 9.53 Å². The molecule has 0 saturated heterocycles. The van der Waals surface area contributed by atoms with Crippen LogP contribution in [0.5, 0.6) is 0 Å². The fraction of sp³-hybridized carbons (Fsp3) is 0.909. The molecule has 0 atom stereocenters. The lowest BCUT2D eigenvalue weighted by Crippen LogP contribution is -2.45. The summed E-state index contributed by atoms with van der Waals surface area (Å²) in [5, 5.41) is 6.10. The van der Waals surface area contributed by atoms with E-state index in [2.05, 4.69) is 17.6 Å². The second-order valence-electron chi connectivity index (χ2n) is 4.35. The van der Waals surface area contributed by atoms with E-state index in [-0.39, 0.29) is 5.91 Å². The average Bonchev–Trinajstić information content (AvgIpc) is 2.18. The molecule has 4 heteroatoms. The number of carbonyl (C=O) groups is 1. The van der Waals surface area contributed by atoms with Gasteiger partial charge in [-0.3, -0.25) is 4.79 Å². The van der Waals surface area contributed by atoms with Gasteiger partial charge < -0.3 is 15.4 Å². The zero-order valence-corrected chi connectivity index (χ0v) is 9.71. The Labute approximate surface area is 91.8 Å². The average molecular weight is 214 g/mol. The highest BCUT2D eigenvalue weighted by molar-refractivity contribution is 5.77. The van der Waals surface area contributed by atoms with Crippen molar-refractivity contribution >= 4 is 5.91 Å². The van der Waals surface area contributed by atoms with E-state index in [0.29, 0.717) is 25.7 Å². The highest BCUT2D eigenvalue weighted by Gasteiger charge is 2.24. The van der Waals surface area contributed by atoms with Crippen LogP contribution in [0.4, 0.5) is 0 Å². The summed E-state index contributed by atoms with van der Waals surface area (Å²) in [5.41, 5.74) is 0. The summed E-state index contributed by atoms with van der Waals surface area (Å²) < 4.78 is 4.89. The van der Waals surface area contributed by atoms with Crippen molar-refractivity contribution in [2.24, 2.45) is 5.92 Å². The molecule has 88 valence electrons. The maximum absolute atomic E-state index is 11.3. The van der Waals surface area contributed by atoms with Crippen molar-refractivity contribution in [3.8, 4) is 0 Å². The van der Waals surface area contributed by atoms with Gasteiger partial charge in [-0.25, -0.2) is 0 Å². The third-order valence-corrected chi connectivity index (χ3v) is 2.77. The molecule has 1 amide bonds. The van der Waals surface area contributed by atoms with Crippen molar-refractivity contribution in [1.29, 1.82) is 0 Å². The Kier molecular flexibility index (Phi) is 5.65. The minimum atomic E-state index is 0.0886. The van der Waals surface area contributed by atoms with Gasteiger partial charge in [-0.1, -0.05) is 6.92 Å². The second-order valence-corrected chi connectivity index (χ2v) is 4.35. The number of hydrogen-bond donors (Lipinski definition) is 2. The molecule has 0 radical (unpaired) electrons. The summed E-state index contributed by atoms with van der Waals surface area (Å²) in [6.07, 6.45) is 3.29. The quantitative estimate of drug-likeness (QED) is 0.608. The van der Waals surface area contributed by atoms with Crippen molar-refractivity contribution in [3.05, 3.63) is 0 Å². The molecule has 1 fully saturated rings. The minimum Gasteiger partial charge on any atom is -0.385 e. The first-order valence-electron chi connectivity index (χ1n) is 5.71. The summed E-state index contributed by atoms with van der Waals surface area (Å²) >= 11 is 0. The monoisotopic (exact) mass is 214 g/mol. The normalized spacial score (nSPS) is 24.7. The lowest BCUT2D eigenvalue weighted by atomic mass is 9.82. The van der Waals surface area contributed by atoms with E-state index >= 15 is 0 Å². The standard InChI is InChI=1S/C11H22N2O2/c1-9-6-10(7-9)13-8-11(14)12-4-3-5-15-2/h9-10,13H,3-8H2,1-2H3,(H,12,14). The number of carbonyl (C=O) groups excluding carboxylic acids is 1. The molecule has 0 aromatic heterocycles. The zero-order valence-electron chi connectivity index (χ0n) is 9.71. The molecule has 15 heavy (non-hydrogen) atoms. The lowest BCUT2D eigenvalue weighted by molar-refractivity contribution is -0.120. The Morgan fingerprint density at radius 3 is 2.80 bits per heavy atom. The molecule has 0 unspecified atom stereocenters. The number of rotatable bonds is 7.